The fraction of sp³-hybridized carbons (Fsp3) is 0.143. The van der Waals surface area contributed by atoms with E-state index in [1.54, 1.807) is 6.08 Å². The van der Waals surface area contributed by atoms with Crippen LogP contribution in [-0.4, -0.2) is 11.6 Å². The lowest BCUT2D eigenvalue weighted by molar-refractivity contribution is -0.129. The van der Waals surface area contributed by atoms with Gasteiger partial charge in [0, 0.05) is 11.5 Å². The molecular formula is C28H22O2. The number of carbonyl (C=O) groups is 2. The maximum Gasteiger partial charge on any atom is 0.178 e. The Hall–Kier alpha value is -3.52. The number of hydrogen-bond acceptors (Lipinski definition) is 2. The van der Waals surface area contributed by atoms with Crippen molar-refractivity contribution in [3.05, 3.63) is 126 Å². The minimum absolute atomic E-state index is 0.00128. The highest BCUT2D eigenvalue weighted by molar-refractivity contribution is 6.33. The number of Topliss-reactive ketones (excluding diaryl/α,β-unsaturated/α-hetero) is 1. The Balaban J connectivity index is 1.75. The smallest absolute Gasteiger partial charge is 0.178 e. The number of hydrogen-bond donors (Lipinski definition) is 0. The summed E-state index contributed by atoms with van der Waals surface area (Å²) < 4.78 is 0. The fourth-order valence-corrected chi connectivity index (χ4v) is 5.10. The van der Waals surface area contributed by atoms with E-state index >= 15 is 0 Å². The van der Waals surface area contributed by atoms with Crippen molar-refractivity contribution in [2.75, 3.05) is 0 Å². The van der Waals surface area contributed by atoms with Crippen molar-refractivity contribution >= 4 is 17.1 Å². The molecule has 0 aromatic heterocycles. The Bertz CT molecular complexity index is 1140. The molecule has 2 heteroatoms. The van der Waals surface area contributed by atoms with E-state index in [1.165, 1.54) is 0 Å². The number of ketones is 2. The molecule has 0 saturated heterocycles. The molecule has 0 spiro atoms. The molecule has 2 aliphatic rings. The van der Waals surface area contributed by atoms with Crippen LogP contribution in [0, 0.1) is 5.92 Å². The molecule has 3 aromatic carbocycles. The second kappa shape index (κ2) is 7.38. The Morgan fingerprint density at radius 1 is 0.733 bits per heavy atom. The summed E-state index contributed by atoms with van der Waals surface area (Å²) in [4.78, 5) is 27.8. The van der Waals surface area contributed by atoms with E-state index < -0.39 is 11.3 Å². The van der Waals surface area contributed by atoms with Gasteiger partial charge in [0.25, 0.3) is 0 Å². The van der Waals surface area contributed by atoms with Gasteiger partial charge < -0.3 is 0 Å². The highest BCUT2D eigenvalue weighted by Crippen LogP contribution is 2.52. The molecule has 5 rings (SSSR count). The Kier molecular flexibility index (Phi) is 4.55. The summed E-state index contributed by atoms with van der Waals surface area (Å²) in [6, 6.07) is 29.4. The Labute approximate surface area is 176 Å². The van der Waals surface area contributed by atoms with Crippen molar-refractivity contribution < 1.29 is 9.59 Å². The third-order valence-electron chi connectivity index (χ3n) is 6.44. The third-order valence-corrected chi connectivity index (χ3v) is 6.44. The predicted molar refractivity (Wildman–Crippen MR) is 119 cm³/mol. The highest BCUT2D eigenvalue weighted by atomic mass is 16.1. The molecule has 0 fully saturated rings. The number of allylic oxidation sites excluding steroid dienone is 4. The molecule has 0 N–H and O–H groups in total. The molecule has 0 bridgehead atoms. The number of rotatable bonds is 3. The van der Waals surface area contributed by atoms with Crippen LogP contribution in [0.2, 0.25) is 0 Å². The summed E-state index contributed by atoms with van der Waals surface area (Å²) in [5.41, 5.74) is 2.28. The fourth-order valence-electron chi connectivity index (χ4n) is 5.10. The summed E-state index contributed by atoms with van der Waals surface area (Å²) in [7, 11) is 0. The molecule has 0 heterocycles. The van der Waals surface area contributed by atoms with E-state index in [0.29, 0.717) is 5.57 Å². The highest BCUT2D eigenvalue weighted by Gasteiger charge is 2.55. The first-order valence-electron chi connectivity index (χ1n) is 10.4. The van der Waals surface area contributed by atoms with E-state index in [2.05, 4.69) is 18.2 Å². The molecule has 0 amide bonds. The van der Waals surface area contributed by atoms with Gasteiger partial charge in [-0.05, 0) is 35.1 Å². The van der Waals surface area contributed by atoms with Crippen molar-refractivity contribution in [1.82, 2.24) is 0 Å². The van der Waals surface area contributed by atoms with Gasteiger partial charge in [-0.1, -0.05) is 103 Å². The van der Waals surface area contributed by atoms with Crippen LogP contribution in [0.25, 0.3) is 5.57 Å². The first kappa shape index (κ1) is 18.5. The lowest BCUT2D eigenvalue weighted by Crippen LogP contribution is -2.52. The summed E-state index contributed by atoms with van der Waals surface area (Å²) in [5.74, 6) is -0.467. The second-order valence-corrected chi connectivity index (χ2v) is 8.02. The van der Waals surface area contributed by atoms with Crippen LogP contribution in [0.15, 0.2) is 109 Å². The third kappa shape index (κ3) is 2.80. The van der Waals surface area contributed by atoms with Crippen molar-refractivity contribution in [2.45, 2.75) is 17.8 Å². The quantitative estimate of drug-likeness (QED) is 0.552. The lowest BCUT2D eigenvalue weighted by atomic mass is 9.54. The topological polar surface area (TPSA) is 34.1 Å². The van der Waals surface area contributed by atoms with E-state index in [-0.39, 0.29) is 17.5 Å². The first-order valence-corrected chi connectivity index (χ1v) is 10.4. The number of fused-ring (bicyclic) bond motifs is 1. The Morgan fingerprint density at radius 2 is 1.33 bits per heavy atom. The Morgan fingerprint density at radius 3 is 2.00 bits per heavy atom. The summed E-state index contributed by atoms with van der Waals surface area (Å²) in [6.07, 6.45) is 6.40. The van der Waals surface area contributed by atoms with Gasteiger partial charge in [0.05, 0.1) is 5.41 Å². The van der Waals surface area contributed by atoms with Crippen molar-refractivity contribution in [1.29, 1.82) is 0 Å². The van der Waals surface area contributed by atoms with Gasteiger partial charge in [-0.3, -0.25) is 9.59 Å². The van der Waals surface area contributed by atoms with Crippen LogP contribution in [0.5, 0.6) is 0 Å². The molecule has 3 atom stereocenters. The molecule has 0 aliphatic heterocycles. The number of benzene rings is 3. The van der Waals surface area contributed by atoms with Crippen molar-refractivity contribution in [3.8, 4) is 0 Å². The molecule has 3 aromatic rings. The second-order valence-electron chi connectivity index (χ2n) is 8.02. The van der Waals surface area contributed by atoms with Gasteiger partial charge in [0.2, 0.25) is 0 Å². The molecule has 2 aliphatic carbocycles. The summed E-state index contributed by atoms with van der Waals surface area (Å²) in [5, 5.41) is 0. The van der Waals surface area contributed by atoms with Crippen LogP contribution >= 0.6 is 0 Å². The molecular weight excluding hydrogens is 368 g/mol. The van der Waals surface area contributed by atoms with E-state index in [0.717, 1.165) is 23.1 Å². The molecule has 0 saturated carbocycles. The zero-order chi connectivity index (χ0) is 20.6. The SMILES string of the molecule is O=C1C=C(c2ccccc2)C(=O)[C@@]2(c3ccccc3)C=CC[C@H](c3ccccc3)[C@@H]12. The maximum atomic E-state index is 14.1. The zero-order valence-corrected chi connectivity index (χ0v) is 16.6. The average Bonchev–Trinajstić information content (AvgIpc) is 2.82. The van der Waals surface area contributed by atoms with Gasteiger partial charge in [-0.15, -0.1) is 0 Å². The molecule has 0 unspecified atom stereocenters. The van der Waals surface area contributed by atoms with Crippen LogP contribution < -0.4 is 0 Å². The lowest BCUT2D eigenvalue weighted by Gasteiger charge is -2.46. The molecule has 2 nitrogen and oxygen atoms in total. The van der Waals surface area contributed by atoms with Gasteiger partial charge >= 0.3 is 0 Å². The summed E-state index contributed by atoms with van der Waals surface area (Å²) >= 11 is 0. The van der Waals surface area contributed by atoms with E-state index in [9.17, 15) is 9.59 Å². The van der Waals surface area contributed by atoms with E-state index in [4.69, 9.17) is 0 Å². The van der Waals surface area contributed by atoms with Gasteiger partial charge in [-0.2, -0.15) is 0 Å². The van der Waals surface area contributed by atoms with Gasteiger partial charge in [0.15, 0.2) is 11.6 Å². The summed E-state index contributed by atoms with van der Waals surface area (Å²) in [6.45, 7) is 0. The zero-order valence-electron chi connectivity index (χ0n) is 16.6. The molecule has 0 radical (unpaired) electrons. The van der Waals surface area contributed by atoms with Gasteiger partial charge in [0.1, 0.15) is 0 Å². The average molecular weight is 390 g/mol. The van der Waals surface area contributed by atoms with Crippen molar-refractivity contribution in [3.63, 3.8) is 0 Å². The standard InChI is InChI=1S/C28H22O2/c29-25-19-24(21-13-6-2-7-14-21)27(30)28(22-15-8-3-9-16-22)18-10-17-23(26(25)28)20-11-4-1-5-12-20/h1-16,18-19,23,26H,17H2/t23-,26+,28-/m1/s1. The molecule has 146 valence electrons. The van der Waals surface area contributed by atoms with Crippen LogP contribution in [0.4, 0.5) is 0 Å². The van der Waals surface area contributed by atoms with Crippen LogP contribution in [0.3, 0.4) is 0 Å². The predicted octanol–water partition coefficient (Wildman–Crippen LogP) is 5.52. The van der Waals surface area contributed by atoms with Gasteiger partial charge in [-0.25, -0.2) is 0 Å². The van der Waals surface area contributed by atoms with Crippen LogP contribution in [-0.2, 0) is 15.0 Å². The monoisotopic (exact) mass is 390 g/mol. The maximum absolute atomic E-state index is 14.1. The van der Waals surface area contributed by atoms with E-state index in [1.807, 2.05) is 84.9 Å². The minimum Gasteiger partial charge on any atom is -0.294 e. The minimum atomic E-state index is -0.989. The first-order chi connectivity index (χ1) is 14.7. The van der Waals surface area contributed by atoms with Crippen LogP contribution in [0.1, 0.15) is 29.0 Å². The largest absolute Gasteiger partial charge is 0.294 e. The number of carbonyl (C=O) groups excluding carboxylic acids is 2. The normalized spacial score (nSPS) is 25.5. The molecule has 30 heavy (non-hydrogen) atoms. The van der Waals surface area contributed by atoms with Crippen molar-refractivity contribution in [2.24, 2.45) is 5.92 Å².